The van der Waals surface area contributed by atoms with E-state index in [-0.39, 0.29) is 29.5 Å². The largest absolute Gasteiger partial charge is 0.416 e. The highest BCUT2D eigenvalue weighted by molar-refractivity contribution is 5.70. The molecule has 1 unspecified atom stereocenters. The van der Waals surface area contributed by atoms with Gasteiger partial charge in [-0.1, -0.05) is 45.9 Å². The molecular formula is C22H27F3N4O3. The molecule has 0 aliphatic rings. The normalized spacial score (nSPS) is 13.4. The van der Waals surface area contributed by atoms with E-state index in [4.69, 9.17) is 0 Å². The third-order valence-electron chi connectivity index (χ3n) is 5.07. The molecular weight excluding hydrogens is 425 g/mol. The van der Waals surface area contributed by atoms with Crippen LogP contribution in [0.15, 0.2) is 40.2 Å². The average Bonchev–Trinajstić information content (AvgIpc) is 3.10. The summed E-state index contributed by atoms with van der Waals surface area (Å²) < 4.78 is 44.0. The van der Waals surface area contributed by atoms with Crippen molar-refractivity contribution in [3.63, 3.8) is 0 Å². The van der Waals surface area contributed by atoms with Crippen LogP contribution >= 0.6 is 0 Å². The molecule has 0 amide bonds. The number of alkyl halides is 3. The highest BCUT2D eigenvalue weighted by atomic mass is 19.4. The number of hydrogen-bond acceptors (Lipinski definition) is 4. The Morgan fingerprint density at radius 2 is 1.59 bits per heavy atom. The predicted octanol–water partition coefficient (Wildman–Crippen LogP) is 3.42. The molecule has 7 nitrogen and oxygen atoms in total. The molecule has 2 heterocycles. The first-order chi connectivity index (χ1) is 14.9. The van der Waals surface area contributed by atoms with Gasteiger partial charge in [-0.2, -0.15) is 13.2 Å². The molecule has 32 heavy (non-hydrogen) atoms. The van der Waals surface area contributed by atoms with Crippen molar-refractivity contribution in [1.29, 1.82) is 0 Å². The Hall–Kier alpha value is -2.88. The molecule has 174 valence electrons. The fourth-order valence-corrected chi connectivity index (χ4v) is 3.78. The number of fused-ring (bicyclic) bond motifs is 1. The van der Waals surface area contributed by atoms with Crippen molar-refractivity contribution in [1.82, 2.24) is 18.7 Å². The monoisotopic (exact) mass is 452 g/mol. The van der Waals surface area contributed by atoms with Crippen LogP contribution in [0.1, 0.15) is 44.9 Å². The van der Waals surface area contributed by atoms with Gasteiger partial charge in [0.05, 0.1) is 24.5 Å². The SMILES string of the molecule is CC(C)Cn1cnc2c1c(=O)n(CC(O)c1ccccc1C(F)(F)F)c(=O)n2CC(C)C. The zero-order valence-corrected chi connectivity index (χ0v) is 18.4. The van der Waals surface area contributed by atoms with Gasteiger partial charge in [0, 0.05) is 13.1 Å². The minimum Gasteiger partial charge on any atom is -0.387 e. The lowest BCUT2D eigenvalue weighted by atomic mass is 10.0. The first-order valence-electron chi connectivity index (χ1n) is 10.4. The van der Waals surface area contributed by atoms with Crippen LogP contribution in [0.2, 0.25) is 0 Å². The zero-order chi connectivity index (χ0) is 23.8. The molecule has 0 aliphatic heterocycles. The number of imidazole rings is 1. The number of rotatable bonds is 7. The number of benzene rings is 1. The summed E-state index contributed by atoms with van der Waals surface area (Å²) in [6, 6.07) is 4.60. The Morgan fingerprint density at radius 3 is 2.19 bits per heavy atom. The Kier molecular flexibility index (Phi) is 6.64. The summed E-state index contributed by atoms with van der Waals surface area (Å²) in [4.78, 5) is 30.7. The Balaban J connectivity index is 2.19. The number of hydrogen-bond donors (Lipinski definition) is 1. The number of nitrogens with zero attached hydrogens (tertiary/aromatic N) is 4. The minimum absolute atomic E-state index is 0.0491. The van der Waals surface area contributed by atoms with Crippen molar-refractivity contribution in [2.75, 3.05) is 0 Å². The lowest BCUT2D eigenvalue weighted by molar-refractivity contribution is -0.139. The molecule has 0 radical (unpaired) electrons. The molecule has 3 aromatic rings. The van der Waals surface area contributed by atoms with E-state index in [1.165, 1.54) is 23.0 Å². The van der Waals surface area contributed by atoms with E-state index in [1.807, 2.05) is 27.7 Å². The van der Waals surface area contributed by atoms with Crippen LogP contribution in [0.25, 0.3) is 11.2 Å². The first-order valence-corrected chi connectivity index (χ1v) is 10.4. The molecule has 0 aliphatic carbocycles. The predicted molar refractivity (Wildman–Crippen MR) is 114 cm³/mol. The summed E-state index contributed by atoms with van der Waals surface area (Å²) >= 11 is 0. The average molecular weight is 452 g/mol. The van der Waals surface area contributed by atoms with Gasteiger partial charge in [0.15, 0.2) is 11.2 Å². The topological polar surface area (TPSA) is 82.1 Å². The highest BCUT2D eigenvalue weighted by Crippen LogP contribution is 2.34. The van der Waals surface area contributed by atoms with Gasteiger partial charge in [-0.15, -0.1) is 0 Å². The minimum atomic E-state index is -4.68. The van der Waals surface area contributed by atoms with Crippen LogP contribution in [0.5, 0.6) is 0 Å². The standard InChI is InChI=1S/C22H27F3N4O3/c1-13(2)9-27-12-26-19-18(27)20(31)29(21(32)28(19)10-14(3)4)11-17(30)15-7-5-6-8-16(15)22(23,24)25/h5-8,12-14,17,30H,9-11H2,1-4H3. The number of halogens is 3. The second-order valence-corrected chi connectivity index (χ2v) is 8.77. The molecule has 0 spiro atoms. The maximum absolute atomic E-state index is 13.4. The van der Waals surface area contributed by atoms with Gasteiger partial charge >= 0.3 is 11.9 Å². The summed E-state index contributed by atoms with van der Waals surface area (Å²) in [6.45, 7) is 7.86. The van der Waals surface area contributed by atoms with Gasteiger partial charge in [-0.05, 0) is 23.5 Å². The molecule has 0 bridgehead atoms. The van der Waals surface area contributed by atoms with E-state index in [0.717, 1.165) is 16.7 Å². The highest BCUT2D eigenvalue weighted by Gasteiger charge is 2.35. The zero-order valence-electron chi connectivity index (χ0n) is 18.4. The second kappa shape index (κ2) is 8.93. The van der Waals surface area contributed by atoms with Crippen LogP contribution in [-0.2, 0) is 25.8 Å². The molecule has 2 aromatic heterocycles. The fourth-order valence-electron chi connectivity index (χ4n) is 3.78. The van der Waals surface area contributed by atoms with Gasteiger partial charge < -0.3 is 9.67 Å². The summed E-state index contributed by atoms with van der Waals surface area (Å²) in [5, 5.41) is 10.6. The molecule has 0 saturated carbocycles. The molecule has 10 heteroatoms. The Bertz CT molecular complexity index is 1220. The third kappa shape index (κ3) is 4.64. The van der Waals surface area contributed by atoms with Crippen LogP contribution in [-0.4, -0.2) is 23.8 Å². The number of aliphatic hydroxyl groups excluding tert-OH is 1. The molecule has 3 rings (SSSR count). The number of aliphatic hydroxyl groups is 1. The Morgan fingerprint density at radius 1 is 0.969 bits per heavy atom. The van der Waals surface area contributed by atoms with Crippen molar-refractivity contribution in [3.05, 3.63) is 62.6 Å². The second-order valence-electron chi connectivity index (χ2n) is 8.77. The quantitative estimate of drug-likeness (QED) is 0.596. The van der Waals surface area contributed by atoms with Crippen molar-refractivity contribution in [2.45, 2.75) is 59.6 Å². The molecule has 0 fully saturated rings. The van der Waals surface area contributed by atoms with E-state index in [0.29, 0.717) is 6.54 Å². The van der Waals surface area contributed by atoms with E-state index in [2.05, 4.69) is 4.98 Å². The van der Waals surface area contributed by atoms with E-state index in [9.17, 15) is 27.9 Å². The number of aromatic nitrogens is 4. The van der Waals surface area contributed by atoms with Crippen molar-refractivity contribution in [2.24, 2.45) is 11.8 Å². The smallest absolute Gasteiger partial charge is 0.387 e. The van der Waals surface area contributed by atoms with E-state index in [1.54, 1.807) is 4.57 Å². The first kappa shape index (κ1) is 23.8. The van der Waals surface area contributed by atoms with Crippen molar-refractivity contribution in [3.8, 4) is 0 Å². The molecule has 0 saturated heterocycles. The third-order valence-corrected chi connectivity index (χ3v) is 5.07. The van der Waals surface area contributed by atoms with Crippen LogP contribution in [0.4, 0.5) is 13.2 Å². The summed E-state index contributed by atoms with van der Waals surface area (Å²) in [6.07, 6.45) is -4.90. The van der Waals surface area contributed by atoms with E-state index >= 15 is 0 Å². The fraction of sp³-hybridized carbons (Fsp3) is 0.500. The summed E-state index contributed by atoms with van der Waals surface area (Å²) in [5.74, 6) is 0.239. The van der Waals surface area contributed by atoms with Gasteiger partial charge in [-0.25, -0.2) is 9.78 Å². The Labute approximate surface area is 182 Å². The van der Waals surface area contributed by atoms with Crippen molar-refractivity contribution >= 4 is 11.2 Å². The summed E-state index contributed by atoms with van der Waals surface area (Å²) in [7, 11) is 0. The molecule has 1 aromatic carbocycles. The van der Waals surface area contributed by atoms with Crippen LogP contribution in [0, 0.1) is 11.8 Å². The maximum atomic E-state index is 13.4. The van der Waals surface area contributed by atoms with Crippen LogP contribution in [0.3, 0.4) is 0 Å². The van der Waals surface area contributed by atoms with Gasteiger partial charge in [0.2, 0.25) is 0 Å². The van der Waals surface area contributed by atoms with Crippen molar-refractivity contribution < 1.29 is 18.3 Å². The maximum Gasteiger partial charge on any atom is 0.416 e. The van der Waals surface area contributed by atoms with Gasteiger partial charge in [-0.3, -0.25) is 13.9 Å². The summed E-state index contributed by atoms with van der Waals surface area (Å²) in [5.41, 5.74) is -2.38. The lowest BCUT2D eigenvalue weighted by Crippen LogP contribution is -2.42. The molecule has 1 atom stereocenters. The van der Waals surface area contributed by atoms with Gasteiger partial charge in [0.1, 0.15) is 0 Å². The van der Waals surface area contributed by atoms with E-state index < -0.39 is 41.2 Å². The van der Waals surface area contributed by atoms with Crippen LogP contribution < -0.4 is 11.2 Å². The molecule has 1 N–H and O–H groups in total. The lowest BCUT2D eigenvalue weighted by Gasteiger charge is -2.19. The van der Waals surface area contributed by atoms with Gasteiger partial charge in [0.25, 0.3) is 5.56 Å².